The Balaban J connectivity index is 2.16. The molecule has 0 heterocycles. The minimum Gasteiger partial charge on any atom is -0.507 e. The smallest absolute Gasteiger partial charge is 0.309 e. The van der Waals surface area contributed by atoms with Crippen LogP contribution in [0, 0.1) is 0 Å². The fraction of sp³-hybridized carbons (Fsp3) is 0.118. The molecule has 110 valence electrons. The van der Waals surface area contributed by atoms with E-state index in [1.54, 1.807) is 24.3 Å². The summed E-state index contributed by atoms with van der Waals surface area (Å²) >= 11 is 0. The maximum absolute atomic E-state index is 12.5. The van der Waals surface area contributed by atoms with Crippen LogP contribution in [-0.4, -0.2) is 29.8 Å². The van der Waals surface area contributed by atoms with Crippen molar-refractivity contribution in [1.82, 2.24) is 0 Å². The van der Waals surface area contributed by atoms with Gasteiger partial charge in [0.15, 0.2) is 11.6 Å². The summed E-state index contributed by atoms with van der Waals surface area (Å²) in [6, 6.07) is 9.24. The number of phenolic OH excluding ortho intramolecular Hbond substituents is 1. The minimum absolute atomic E-state index is 0.0164. The number of rotatable bonds is 2. The molecule has 0 saturated heterocycles. The summed E-state index contributed by atoms with van der Waals surface area (Å²) in [6.45, 7) is 0. The molecule has 0 amide bonds. The number of methoxy groups -OCH3 is 1. The lowest BCUT2D eigenvalue weighted by atomic mass is 9.82. The average molecular weight is 296 g/mol. The van der Waals surface area contributed by atoms with Crippen molar-refractivity contribution in [1.29, 1.82) is 0 Å². The Morgan fingerprint density at radius 1 is 1.05 bits per heavy atom. The molecule has 0 atom stereocenters. The fourth-order valence-electron chi connectivity index (χ4n) is 2.60. The van der Waals surface area contributed by atoms with Gasteiger partial charge in [-0.1, -0.05) is 24.3 Å². The molecule has 5 heteroatoms. The Morgan fingerprint density at radius 3 is 2.32 bits per heavy atom. The number of ether oxygens (including phenoxy) is 1. The van der Waals surface area contributed by atoms with Gasteiger partial charge in [-0.05, 0) is 17.7 Å². The predicted octanol–water partition coefficient (Wildman–Crippen LogP) is 1.88. The van der Waals surface area contributed by atoms with Crippen molar-refractivity contribution in [3.8, 4) is 5.75 Å². The van der Waals surface area contributed by atoms with Crippen LogP contribution in [0.15, 0.2) is 36.4 Å². The summed E-state index contributed by atoms with van der Waals surface area (Å²) < 4.78 is 4.57. The standard InChI is InChI=1S/C17H12O5/c1-22-14(19)8-9-6-12-15(13(18)7-9)17(21)11-5-3-2-4-10(11)16(12)20/h2-7,18H,8H2,1H3. The van der Waals surface area contributed by atoms with E-state index in [4.69, 9.17) is 0 Å². The lowest BCUT2D eigenvalue weighted by Gasteiger charge is -2.19. The highest BCUT2D eigenvalue weighted by molar-refractivity contribution is 6.29. The first-order valence-electron chi connectivity index (χ1n) is 6.64. The van der Waals surface area contributed by atoms with Crippen LogP contribution in [0.25, 0.3) is 0 Å². The van der Waals surface area contributed by atoms with Gasteiger partial charge in [-0.2, -0.15) is 0 Å². The van der Waals surface area contributed by atoms with Crippen LogP contribution in [0.2, 0.25) is 0 Å². The SMILES string of the molecule is COC(=O)Cc1cc(O)c2c(c1)C(=O)c1ccccc1C2=O. The Kier molecular flexibility index (Phi) is 3.25. The molecular weight excluding hydrogens is 284 g/mol. The molecule has 0 radical (unpaired) electrons. The molecule has 2 aromatic carbocycles. The third-order valence-corrected chi connectivity index (χ3v) is 3.64. The van der Waals surface area contributed by atoms with E-state index < -0.39 is 11.8 Å². The van der Waals surface area contributed by atoms with E-state index in [9.17, 15) is 19.5 Å². The number of fused-ring (bicyclic) bond motifs is 2. The number of ketones is 2. The average Bonchev–Trinajstić information content (AvgIpc) is 2.52. The van der Waals surface area contributed by atoms with E-state index in [0.717, 1.165) is 0 Å². The third kappa shape index (κ3) is 2.07. The topological polar surface area (TPSA) is 80.7 Å². The molecule has 1 N–H and O–H groups in total. The molecule has 0 bridgehead atoms. The van der Waals surface area contributed by atoms with Gasteiger partial charge in [0.05, 0.1) is 19.1 Å². The quantitative estimate of drug-likeness (QED) is 0.730. The number of hydrogen-bond acceptors (Lipinski definition) is 5. The van der Waals surface area contributed by atoms with E-state index in [-0.39, 0.29) is 34.6 Å². The van der Waals surface area contributed by atoms with Crippen molar-refractivity contribution < 1.29 is 24.2 Å². The van der Waals surface area contributed by atoms with Gasteiger partial charge in [-0.15, -0.1) is 0 Å². The summed E-state index contributed by atoms with van der Waals surface area (Å²) in [6.07, 6.45) is -0.0829. The maximum atomic E-state index is 12.5. The fourth-order valence-corrected chi connectivity index (χ4v) is 2.60. The second kappa shape index (κ2) is 5.11. The molecule has 0 aliphatic heterocycles. The number of phenols is 1. The van der Waals surface area contributed by atoms with E-state index >= 15 is 0 Å². The van der Waals surface area contributed by atoms with Crippen molar-refractivity contribution in [2.75, 3.05) is 7.11 Å². The first kappa shape index (κ1) is 14.0. The van der Waals surface area contributed by atoms with E-state index in [1.807, 2.05) is 0 Å². The molecule has 0 aromatic heterocycles. The number of benzene rings is 2. The molecule has 5 nitrogen and oxygen atoms in total. The first-order chi connectivity index (χ1) is 10.5. The Hall–Kier alpha value is -2.95. The van der Waals surface area contributed by atoms with Gasteiger partial charge in [-0.3, -0.25) is 14.4 Å². The van der Waals surface area contributed by atoms with Crippen LogP contribution in [0.5, 0.6) is 5.75 Å². The summed E-state index contributed by atoms with van der Waals surface area (Å²) in [4.78, 5) is 36.3. The molecule has 0 spiro atoms. The van der Waals surface area contributed by atoms with Gasteiger partial charge in [0.25, 0.3) is 0 Å². The second-order valence-electron chi connectivity index (χ2n) is 4.99. The molecule has 3 rings (SSSR count). The summed E-state index contributed by atoms with van der Waals surface area (Å²) in [5.41, 5.74) is 1.09. The molecular formula is C17H12O5. The summed E-state index contributed by atoms with van der Waals surface area (Å²) in [7, 11) is 1.26. The van der Waals surface area contributed by atoms with Crippen LogP contribution in [0.3, 0.4) is 0 Å². The lowest BCUT2D eigenvalue weighted by Crippen LogP contribution is -2.21. The monoisotopic (exact) mass is 296 g/mol. The van der Waals surface area contributed by atoms with Crippen molar-refractivity contribution in [2.45, 2.75) is 6.42 Å². The Bertz CT molecular complexity index is 820. The zero-order chi connectivity index (χ0) is 15.9. The zero-order valence-electron chi connectivity index (χ0n) is 11.8. The molecule has 22 heavy (non-hydrogen) atoms. The van der Waals surface area contributed by atoms with E-state index in [2.05, 4.69) is 4.74 Å². The van der Waals surface area contributed by atoms with Gasteiger partial charge in [0.2, 0.25) is 0 Å². The van der Waals surface area contributed by atoms with Crippen molar-refractivity contribution in [3.63, 3.8) is 0 Å². The Morgan fingerprint density at radius 2 is 1.68 bits per heavy atom. The number of carbonyl (C=O) groups excluding carboxylic acids is 3. The van der Waals surface area contributed by atoms with Crippen LogP contribution >= 0.6 is 0 Å². The van der Waals surface area contributed by atoms with E-state index in [0.29, 0.717) is 11.1 Å². The molecule has 0 saturated carbocycles. The molecule has 0 unspecified atom stereocenters. The zero-order valence-corrected chi connectivity index (χ0v) is 11.8. The summed E-state index contributed by atoms with van der Waals surface area (Å²) in [5.74, 6) is -1.53. The molecule has 1 aliphatic carbocycles. The first-order valence-corrected chi connectivity index (χ1v) is 6.64. The highest BCUT2D eigenvalue weighted by atomic mass is 16.5. The molecule has 0 fully saturated rings. The largest absolute Gasteiger partial charge is 0.507 e. The van der Waals surface area contributed by atoms with Gasteiger partial charge < -0.3 is 9.84 Å². The number of carbonyl (C=O) groups is 3. The van der Waals surface area contributed by atoms with Crippen LogP contribution in [0.4, 0.5) is 0 Å². The number of hydrogen-bond donors (Lipinski definition) is 1. The van der Waals surface area contributed by atoms with Crippen LogP contribution < -0.4 is 0 Å². The molecule has 2 aromatic rings. The normalized spacial score (nSPS) is 12.6. The number of aromatic hydroxyl groups is 1. The van der Waals surface area contributed by atoms with Gasteiger partial charge in [0, 0.05) is 16.7 Å². The number of esters is 1. The van der Waals surface area contributed by atoms with Crippen molar-refractivity contribution >= 4 is 17.5 Å². The predicted molar refractivity (Wildman–Crippen MR) is 77.1 cm³/mol. The van der Waals surface area contributed by atoms with E-state index in [1.165, 1.54) is 19.2 Å². The van der Waals surface area contributed by atoms with Gasteiger partial charge >= 0.3 is 5.97 Å². The van der Waals surface area contributed by atoms with Crippen LogP contribution in [-0.2, 0) is 16.0 Å². The maximum Gasteiger partial charge on any atom is 0.309 e. The van der Waals surface area contributed by atoms with Crippen molar-refractivity contribution in [2.24, 2.45) is 0 Å². The second-order valence-corrected chi connectivity index (χ2v) is 4.99. The lowest BCUT2D eigenvalue weighted by molar-refractivity contribution is -0.139. The molecule has 1 aliphatic rings. The highest BCUT2D eigenvalue weighted by Gasteiger charge is 2.32. The summed E-state index contributed by atoms with van der Waals surface area (Å²) in [5, 5.41) is 10.1. The van der Waals surface area contributed by atoms with Gasteiger partial charge in [-0.25, -0.2) is 0 Å². The minimum atomic E-state index is -0.491. The third-order valence-electron chi connectivity index (χ3n) is 3.64. The highest BCUT2D eigenvalue weighted by Crippen LogP contribution is 2.33. The Labute approximate surface area is 126 Å². The van der Waals surface area contributed by atoms with Crippen LogP contribution in [0.1, 0.15) is 37.4 Å². The van der Waals surface area contributed by atoms with Crippen molar-refractivity contribution in [3.05, 3.63) is 64.2 Å². The van der Waals surface area contributed by atoms with Gasteiger partial charge in [0.1, 0.15) is 5.75 Å².